The van der Waals surface area contributed by atoms with Crippen LogP contribution in [0.1, 0.15) is 194 Å². The summed E-state index contributed by atoms with van der Waals surface area (Å²) in [5.74, 6) is -1.82. The predicted molar refractivity (Wildman–Crippen MR) is 263 cm³/mol. The van der Waals surface area contributed by atoms with Crippen molar-refractivity contribution >= 4 is 19.8 Å². The van der Waals surface area contributed by atoms with Crippen molar-refractivity contribution in [3.05, 3.63) is 85.1 Å². The monoisotopic (exact) mass is 904 g/mol. The Balaban J connectivity index is 4.24. The molecule has 0 aliphatic rings. The zero-order valence-corrected chi connectivity index (χ0v) is 40.5. The fourth-order valence-electron chi connectivity index (χ4n) is 6.37. The highest BCUT2D eigenvalue weighted by molar-refractivity contribution is 7.47. The van der Waals surface area contributed by atoms with Crippen molar-refractivity contribution in [3.63, 3.8) is 0 Å². The topological polar surface area (TPSA) is 155 Å². The van der Waals surface area contributed by atoms with E-state index in [9.17, 15) is 19.0 Å². The van der Waals surface area contributed by atoms with E-state index >= 15 is 0 Å². The van der Waals surface area contributed by atoms with Gasteiger partial charge in [0, 0.05) is 13.0 Å². The van der Waals surface area contributed by atoms with Crippen LogP contribution in [-0.2, 0) is 32.7 Å². The van der Waals surface area contributed by atoms with Gasteiger partial charge in [0.15, 0.2) is 0 Å². The molecule has 3 atom stereocenters. The molecule has 0 aromatic carbocycles. The van der Waals surface area contributed by atoms with Crippen molar-refractivity contribution in [3.8, 4) is 0 Å². The summed E-state index contributed by atoms with van der Waals surface area (Å²) in [6, 6.07) is -1.48. The number of aliphatic carboxylic acids is 1. The van der Waals surface area contributed by atoms with E-state index in [0.29, 0.717) is 13.0 Å². The lowest BCUT2D eigenvalue weighted by molar-refractivity contribution is -0.154. The number of carbonyl (C=O) groups excluding carboxylic acids is 1. The molecule has 10 nitrogen and oxygen atoms in total. The molecule has 0 bridgehead atoms. The van der Waals surface area contributed by atoms with Crippen LogP contribution in [-0.4, -0.2) is 60.5 Å². The second kappa shape index (κ2) is 47.1. The van der Waals surface area contributed by atoms with Gasteiger partial charge in [-0.3, -0.25) is 18.6 Å². The van der Waals surface area contributed by atoms with Gasteiger partial charge in [-0.25, -0.2) is 4.57 Å². The Labute approximate surface area is 384 Å². The first kappa shape index (κ1) is 60.2. The van der Waals surface area contributed by atoms with E-state index in [1.165, 1.54) is 89.9 Å². The van der Waals surface area contributed by atoms with Crippen LogP contribution in [0.2, 0.25) is 0 Å². The standard InChI is InChI=1S/C52H90NO9P/c1-3-5-7-9-11-13-15-17-19-21-23-24-25-27-29-31-33-35-37-39-41-43-45-59-46-49(47-60-63(57,58)61-48-50(53)52(55)56)62-51(54)44-42-40-38-36-34-32-30-28-26-22-20-18-16-14-12-10-8-6-4-2/h6,8,12,14-15,17-18,20-21,23,26,28,32,34,49-50H,3-5,7,9-11,13,16,19,22,24-25,27,29-31,33,35-48,53H2,1-2H3,(H,55,56)(H,57,58)/b8-6-,14-12-,17-15-,20-18-,23-21-,28-26-,34-32-. The third-order valence-corrected chi connectivity index (χ3v) is 11.1. The van der Waals surface area contributed by atoms with Crippen LogP contribution in [0.4, 0.5) is 0 Å². The summed E-state index contributed by atoms with van der Waals surface area (Å²) in [6.45, 7) is 3.71. The van der Waals surface area contributed by atoms with E-state index in [1.54, 1.807) is 0 Å². The molecule has 0 amide bonds. The van der Waals surface area contributed by atoms with Gasteiger partial charge in [-0.1, -0.05) is 182 Å². The first-order chi connectivity index (χ1) is 30.7. The molecule has 11 heteroatoms. The first-order valence-electron chi connectivity index (χ1n) is 24.6. The Kier molecular flexibility index (Phi) is 45.0. The Bertz CT molecular complexity index is 1320. The quantitative estimate of drug-likeness (QED) is 0.0233. The number of ether oxygens (including phenoxy) is 2. The molecule has 0 spiro atoms. The Morgan fingerprint density at radius 1 is 0.524 bits per heavy atom. The van der Waals surface area contributed by atoms with Gasteiger partial charge in [-0.05, 0) is 89.9 Å². The van der Waals surface area contributed by atoms with Crippen LogP contribution in [0.15, 0.2) is 85.1 Å². The van der Waals surface area contributed by atoms with E-state index in [1.807, 2.05) is 0 Å². The van der Waals surface area contributed by atoms with Gasteiger partial charge in [-0.2, -0.15) is 0 Å². The average molecular weight is 904 g/mol. The number of rotatable bonds is 46. The zero-order chi connectivity index (χ0) is 46.2. The smallest absolute Gasteiger partial charge is 0.472 e. The summed E-state index contributed by atoms with van der Waals surface area (Å²) in [6.07, 6.45) is 60.7. The molecule has 0 aromatic rings. The number of unbranched alkanes of at least 4 members (excludes halogenated alkanes) is 18. The summed E-state index contributed by atoms with van der Waals surface area (Å²) in [5, 5.41) is 8.92. The van der Waals surface area contributed by atoms with Gasteiger partial charge in [0.1, 0.15) is 12.1 Å². The highest BCUT2D eigenvalue weighted by Gasteiger charge is 2.27. The van der Waals surface area contributed by atoms with Crippen LogP contribution in [0.5, 0.6) is 0 Å². The van der Waals surface area contributed by atoms with E-state index in [4.69, 9.17) is 29.4 Å². The molecular formula is C52H90NO9P. The second-order valence-corrected chi connectivity index (χ2v) is 17.7. The molecule has 0 fully saturated rings. The fourth-order valence-corrected chi connectivity index (χ4v) is 7.14. The molecule has 0 aliphatic heterocycles. The summed E-state index contributed by atoms with van der Waals surface area (Å²) < 4.78 is 33.4. The molecule has 362 valence electrons. The number of hydrogen-bond acceptors (Lipinski definition) is 8. The number of carboxylic acids is 1. The van der Waals surface area contributed by atoms with Gasteiger partial charge in [-0.15, -0.1) is 0 Å². The number of carboxylic acid groups (broad SMARTS) is 1. The van der Waals surface area contributed by atoms with Crippen molar-refractivity contribution in [2.24, 2.45) is 5.73 Å². The minimum Gasteiger partial charge on any atom is -0.480 e. The average Bonchev–Trinajstić information content (AvgIpc) is 3.26. The minimum absolute atomic E-state index is 0.00343. The second-order valence-electron chi connectivity index (χ2n) is 16.2. The van der Waals surface area contributed by atoms with Crippen molar-refractivity contribution in [1.29, 1.82) is 0 Å². The lowest BCUT2D eigenvalue weighted by atomic mass is 10.1. The normalized spacial score (nSPS) is 14.5. The molecule has 0 aliphatic carbocycles. The molecule has 0 saturated carbocycles. The molecule has 63 heavy (non-hydrogen) atoms. The summed E-state index contributed by atoms with van der Waals surface area (Å²) >= 11 is 0. The SMILES string of the molecule is CC/C=C\C/C=C\C/C=C\C/C=C\C/C=C\CCCCCC(=O)OC(COCCCCCCCCCCCC/C=C\C/C=C\CCCCCCC)COP(=O)(O)OCC(N)C(=O)O. The summed E-state index contributed by atoms with van der Waals surface area (Å²) in [4.78, 5) is 33.6. The van der Waals surface area contributed by atoms with Crippen LogP contribution >= 0.6 is 7.82 Å². The third kappa shape index (κ3) is 46.9. The Morgan fingerprint density at radius 3 is 1.38 bits per heavy atom. The highest BCUT2D eigenvalue weighted by atomic mass is 31.2. The van der Waals surface area contributed by atoms with Gasteiger partial charge < -0.3 is 25.2 Å². The third-order valence-electron chi connectivity index (χ3n) is 10.2. The summed E-state index contributed by atoms with van der Waals surface area (Å²) in [5.41, 5.74) is 5.37. The zero-order valence-electron chi connectivity index (χ0n) is 39.6. The first-order valence-corrected chi connectivity index (χ1v) is 26.1. The highest BCUT2D eigenvalue weighted by Crippen LogP contribution is 2.43. The van der Waals surface area contributed by atoms with Gasteiger partial charge in [0.25, 0.3) is 0 Å². The lowest BCUT2D eigenvalue weighted by Crippen LogP contribution is -2.34. The fraction of sp³-hybridized carbons (Fsp3) is 0.692. The van der Waals surface area contributed by atoms with Gasteiger partial charge >= 0.3 is 19.8 Å². The number of allylic oxidation sites excluding steroid dienone is 14. The minimum atomic E-state index is -4.64. The molecule has 0 radical (unpaired) electrons. The van der Waals surface area contributed by atoms with E-state index in [2.05, 4.69) is 98.9 Å². The van der Waals surface area contributed by atoms with Crippen molar-refractivity contribution in [1.82, 2.24) is 0 Å². The number of hydrogen-bond donors (Lipinski definition) is 3. The predicted octanol–water partition coefficient (Wildman–Crippen LogP) is 14.3. The molecule has 0 saturated heterocycles. The van der Waals surface area contributed by atoms with Crippen molar-refractivity contribution < 1.29 is 42.7 Å². The largest absolute Gasteiger partial charge is 0.480 e. The van der Waals surface area contributed by atoms with Gasteiger partial charge in [0.2, 0.25) is 0 Å². The molecule has 0 heterocycles. The number of carbonyl (C=O) groups is 2. The van der Waals surface area contributed by atoms with E-state index in [-0.39, 0.29) is 13.0 Å². The summed E-state index contributed by atoms with van der Waals surface area (Å²) in [7, 11) is -4.64. The molecular weight excluding hydrogens is 814 g/mol. The van der Waals surface area contributed by atoms with Crippen molar-refractivity contribution in [2.75, 3.05) is 26.4 Å². The number of nitrogens with two attached hydrogens (primary N) is 1. The van der Waals surface area contributed by atoms with Crippen LogP contribution in [0.3, 0.4) is 0 Å². The van der Waals surface area contributed by atoms with Crippen LogP contribution < -0.4 is 5.73 Å². The maximum absolute atomic E-state index is 12.7. The maximum Gasteiger partial charge on any atom is 0.472 e. The van der Waals surface area contributed by atoms with Gasteiger partial charge in [0.05, 0.1) is 19.8 Å². The molecule has 3 unspecified atom stereocenters. The number of esters is 1. The number of phosphoric ester groups is 1. The van der Waals surface area contributed by atoms with Crippen LogP contribution in [0, 0.1) is 0 Å². The van der Waals surface area contributed by atoms with E-state index in [0.717, 1.165) is 77.0 Å². The Morgan fingerprint density at radius 2 is 0.921 bits per heavy atom. The van der Waals surface area contributed by atoms with Crippen LogP contribution in [0.25, 0.3) is 0 Å². The lowest BCUT2D eigenvalue weighted by Gasteiger charge is -2.20. The van der Waals surface area contributed by atoms with E-state index < -0.39 is 45.1 Å². The maximum atomic E-state index is 12.7. The Hall–Kier alpha value is -2.85. The molecule has 0 rings (SSSR count). The number of phosphoric acid groups is 1. The molecule has 0 aromatic heterocycles. The molecule has 4 N–H and O–H groups in total. The van der Waals surface area contributed by atoms with Crippen molar-refractivity contribution in [2.45, 2.75) is 206 Å².